The van der Waals surface area contributed by atoms with Crippen LogP contribution in [0, 0.1) is 5.92 Å². The Morgan fingerprint density at radius 2 is 1.91 bits per heavy atom. The minimum atomic E-state index is -3.83. The second-order valence-corrected chi connectivity index (χ2v) is 7.20. The van der Waals surface area contributed by atoms with Crippen LogP contribution in [0.3, 0.4) is 0 Å². The van der Waals surface area contributed by atoms with Crippen molar-refractivity contribution in [1.82, 2.24) is 10.0 Å². The van der Waals surface area contributed by atoms with Gasteiger partial charge in [0.05, 0.1) is 10.8 Å². The van der Waals surface area contributed by atoms with Crippen LogP contribution in [0.15, 0.2) is 47.4 Å². The van der Waals surface area contributed by atoms with Crippen LogP contribution in [0.1, 0.15) is 12.8 Å². The second-order valence-electron chi connectivity index (χ2n) is 5.52. The van der Waals surface area contributed by atoms with Gasteiger partial charge in [0.1, 0.15) is 0 Å². The lowest BCUT2D eigenvalue weighted by Crippen LogP contribution is -2.42. The Hall–Kier alpha value is -1.92. The smallest absolute Gasteiger partial charge is 0.264 e. The summed E-state index contributed by atoms with van der Waals surface area (Å²) in [6.45, 7) is 1.40. The summed E-state index contributed by atoms with van der Waals surface area (Å²) in [6, 6.07) is 12.4. The highest BCUT2D eigenvalue weighted by Crippen LogP contribution is 2.19. The lowest BCUT2D eigenvalue weighted by Gasteiger charge is -2.21. The van der Waals surface area contributed by atoms with E-state index in [0.29, 0.717) is 13.0 Å². The van der Waals surface area contributed by atoms with E-state index in [2.05, 4.69) is 10.0 Å². The minimum absolute atomic E-state index is 0.114. The maximum absolute atomic E-state index is 12.4. The quantitative estimate of drug-likeness (QED) is 0.902. The number of carbonyl (C=O) groups is 1. The zero-order chi connectivity index (χ0) is 15.6. The monoisotopic (exact) mass is 318 g/mol. The van der Waals surface area contributed by atoms with Gasteiger partial charge in [0.15, 0.2) is 0 Å². The molecule has 0 bridgehead atoms. The molecule has 0 aliphatic carbocycles. The van der Waals surface area contributed by atoms with Gasteiger partial charge in [-0.3, -0.25) is 4.79 Å². The molecule has 1 atom stereocenters. The molecule has 1 heterocycles. The first-order chi connectivity index (χ1) is 10.6. The maximum atomic E-state index is 12.4. The molecule has 2 aromatic rings. The number of sulfonamides is 1. The predicted molar refractivity (Wildman–Crippen MR) is 84.9 cm³/mol. The lowest BCUT2D eigenvalue weighted by atomic mass is 9.99. The number of piperidine rings is 1. The van der Waals surface area contributed by atoms with Crippen LogP contribution in [-0.4, -0.2) is 27.4 Å². The number of benzene rings is 2. The van der Waals surface area contributed by atoms with E-state index in [1.807, 2.05) is 24.3 Å². The summed E-state index contributed by atoms with van der Waals surface area (Å²) in [5, 5.41) is 4.90. The third-order valence-electron chi connectivity index (χ3n) is 3.93. The van der Waals surface area contributed by atoms with Crippen molar-refractivity contribution >= 4 is 26.7 Å². The summed E-state index contributed by atoms with van der Waals surface area (Å²) < 4.78 is 27.0. The van der Waals surface area contributed by atoms with Crippen LogP contribution in [0.25, 0.3) is 10.8 Å². The van der Waals surface area contributed by atoms with E-state index in [4.69, 9.17) is 0 Å². The maximum Gasteiger partial charge on any atom is 0.264 e. The summed E-state index contributed by atoms with van der Waals surface area (Å²) in [6.07, 6.45) is 1.60. The Kier molecular flexibility index (Phi) is 4.13. The average Bonchev–Trinajstić information content (AvgIpc) is 2.55. The van der Waals surface area contributed by atoms with E-state index in [-0.39, 0.29) is 10.8 Å². The van der Waals surface area contributed by atoms with Crippen LogP contribution >= 0.6 is 0 Å². The van der Waals surface area contributed by atoms with Gasteiger partial charge in [0.2, 0.25) is 5.91 Å². The minimum Gasteiger partial charge on any atom is -0.316 e. The highest BCUT2D eigenvalue weighted by atomic mass is 32.2. The van der Waals surface area contributed by atoms with Crippen molar-refractivity contribution in [2.24, 2.45) is 5.92 Å². The van der Waals surface area contributed by atoms with Crippen LogP contribution in [-0.2, 0) is 14.8 Å². The van der Waals surface area contributed by atoms with E-state index in [0.717, 1.165) is 23.7 Å². The molecule has 2 N–H and O–H groups in total. The van der Waals surface area contributed by atoms with Crippen molar-refractivity contribution in [3.63, 3.8) is 0 Å². The molecule has 0 spiro atoms. The summed E-state index contributed by atoms with van der Waals surface area (Å²) >= 11 is 0. The Morgan fingerprint density at radius 1 is 1.14 bits per heavy atom. The molecule has 1 amide bonds. The fraction of sp³-hybridized carbons (Fsp3) is 0.312. The first kappa shape index (κ1) is 15.0. The number of nitrogens with one attached hydrogen (secondary N) is 2. The van der Waals surface area contributed by atoms with Crippen molar-refractivity contribution < 1.29 is 13.2 Å². The van der Waals surface area contributed by atoms with Crippen molar-refractivity contribution in [3.05, 3.63) is 42.5 Å². The zero-order valence-electron chi connectivity index (χ0n) is 12.1. The normalized spacial score (nSPS) is 19.0. The molecule has 0 aromatic heterocycles. The van der Waals surface area contributed by atoms with Gasteiger partial charge in [-0.1, -0.05) is 30.3 Å². The third kappa shape index (κ3) is 3.13. The van der Waals surface area contributed by atoms with Gasteiger partial charge in [-0.25, -0.2) is 13.1 Å². The van der Waals surface area contributed by atoms with Crippen molar-refractivity contribution in [3.8, 4) is 0 Å². The number of hydrogen-bond donors (Lipinski definition) is 2. The number of hydrogen-bond acceptors (Lipinski definition) is 4. The van der Waals surface area contributed by atoms with Gasteiger partial charge in [0.25, 0.3) is 10.0 Å². The Labute approximate surface area is 129 Å². The van der Waals surface area contributed by atoms with Gasteiger partial charge in [-0.05, 0) is 42.3 Å². The molecular weight excluding hydrogens is 300 g/mol. The molecule has 3 rings (SSSR count). The van der Waals surface area contributed by atoms with Gasteiger partial charge >= 0.3 is 0 Å². The summed E-state index contributed by atoms with van der Waals surface area (Å²) in [7, 11) is -3.83. The van der Waals surface area contributed by atoms with Gasteiger partial charge in [-0.2, -0.15) is 0 Å². The average molecular weight is 318 g/mol. The molecule has 0 saturated carbocycles. The fourth-order valence-electron chi connectivity index (χ4n) is 2.68. The van der Waals surface area contributed by atoms with Crippen LogP contribution in [0.2, 0.25) is 0 Å². The molecule has 1 aliphatic heterocycles. The van der Waals surface area contributed by atoms with E-state index in [9.17, 15) is 13.2 Å². The topological polar surface area (TPSA) is 75.3 Å². The summed E-state index contributed by atoms with van der Waals surface area (Å²) in [4.78, 5) is 12.2. The fourth-order valence-corrected chi connectivity index (χ4v) is 3.76. The van der Waals surface area contributed by atoms with Crippen LogP contribution in [0.4, 0.5) is 0 Å². The van der Waals surface area contributed by atoms with E-state index in [1.165, 1.54) is 6.07 Å². The van der Waals surface area contributed by atoms with E-state index in [1.54, 1.807) is 12.1 Å². The Bertz CT molecular complexity index is 796. The molecule has 116 valence electrons. The zero-order valence-corrected chi connectivity index (χ0v) is 12.9. The van der Waals surface area contributed by atoms with E-state index < -0.39 is 15.9 Å². The van der Waals surface area contributed by atoms with Crippen LogP contribution < -0.4 is 10.0 Å². The molecule has 5 nitrogen and oxygen atoms in total. The van der Waals surface area contributed by atoms with Gasteiger partial charge < -0.3 is 5.32 Å². The lowest BCUT2D eigenvalue weighted by molar-refractivity contribution is -0.123. The second kappa shape index (κ2) is 6.06. The summed E-state index contributed by atoms with van der Waals surface area (Å²) in [5.41, 5.74) is 0. The number of carbonyl (C=O) groups excluding carboxylic acids is 1. The van der Waals surface area contributed by atoms with Crippen LogP contribution in [0.5, 0.6) is 0 Å². The highest BCUT2D eigenvalue weighted by Gasteiger charge is 2.25. The summed E-state index contributed by atoms with van der Waals surface area (Å²) in [5.74, 6) is -0.718. The first-order valence-electron chi connectivity index (χ1n) is 7.32. The number of fused-ring (bicyclic) bond motifs is 1. The molecular formula is C16H18N2O3S. The van der Waals surface area contributed by atoms with Crippen molar-refractivity contribution in [2.45, 2.75) is 17.7 Å². The molecule has 6 heteroatoms. The van der Waals surface area contributed by atoms with Crippen molar-refractivity contribution in [2.75, 3.05) is 13.1 Å². The Balaban J connectivity index is 1.83. The first-order valence-corrected chi connectivity index (χ1v) is 8.81. The molecule has 2 aromatic carbocycles. The highest BCUT2D eigenvalue weighted by molar-refractivity contribution is 7.90. The number of rotatable bonds is 3. The number of amides is 1. The molecule has 1 saturated heterocycles. The molecule has 1 unspecified atom stereocenters. The van der Waals surface area contributed by atoms with Crippen molar-refractivity contribution in [1.29, 1.82) is 0 Å². The molecule has 1 fully saturated rings. The molecule has 22 heavy (non-hydrogen) atoms. The molecule has 0 radical (unpaired) electrons. The molecule has 1 aliphatic rings. The van der Waals surface area contributed by atoms with Gasteiger partial charge in [-0.15, -0.1) is 0 Å². The SMILES string of the molecule is O=C(NS(=O)(=O)c1ccc2ccccc2c1)C1CCCNC1. The van der Waals surface area contributed by atoms with Gasteiger partial charge in [0, 0.05) is 6.54 Å². The Morgan fingerprint density at radius 3 is 2.64 bits per heavy atom. The third-order valence-corrected chi connectivity index (χ3v) is 5.28. The standard InChI is InChI=1S/C16H18N2O3S/c19-16(14-6-3-9-17-11-14)18-22(20,21)15-8-7-12-4-1-2-5-13(12)10-15/h1-2,4-5,7-8,10,14,17H,3,6,9,11H2,(H,18,19). The van der Waals surface area contributed by atoms with E-state index >= 15 is 0 Å². The largest absolute Gasteiger partial charge is 0.316 e. The predicted octanol–water partition coefficient (Wildman–Crippen LogP) is 1.64.